The molecule has 0 amide bonds. The maximum atomic E-state index is 12.1. The summed E-state index contributed by atoms with van der Waals surface area (Å²) in [5.74, 6) is 0.744. The number of carbonyl (C=O) groups excluding carboxylic acids is 1. The molecule has 0 bridgehead atoms. The van der Waals surface area contributed by atoms with Gasteiger partial charge in [0.25, 0.3) is 0 Å². The molecule has 0 fully saturated rings. The number of nitrogens with zero attached hydrogens (tertiary/aromatic N) is 2. The average Bonchev–Trinajstić information content (AvgIpc) is 3.24. The van der Waals surface area contributed by atoms with E-state index in [1.807, 2.05) is 28.7 Å². The molecule has 136 valence electrons. The maximum Gasteiger partial charge on any atom is 0.195 e. The largest absolute Gasteiger partial charge is 0.497 e. The Morgan fingerprint density at radius 3 is 2.59 bits per heavy atom. The Kier molecular flexibility index (Phi) is 4.54. The summed E-state index contributed by atoms with van der Waals surface area (Å²) in [5, 5.41) is 0. The fraction of sp³-hybridized carbons (Fsp3) is 0.182. The molecular weight excluding hydrogens is 356 g/mol. The van der Waals surface area contributed by atoms with E-state index in [0.717, 1.165) is 40.2 Å². The highest BCUT2D eigenvalue weighted by atomic mass is 32.1. The first-order valence-corrected chi connectivity index (χ1v) is 9.68. The van der Waals surface area contributed by atoms with Crippen molar-refractivity contribution in [2.24, 2.45) is 0 Å². The van der Waals surface area contributed by atoms with Gasteiger partial charge >= 0.3 is 0 Å². The Hall–Kier alpha value is -2.92. The fourth-order valence-corrected chi connectivity index (χ4v) is 4.40. The van der Waals surface area contributed by atoms with Gasteiger partial charge in [-0.1, -0.05) is 48.9 Å². The van der Waals surface area contributed by atoms with Crippen LogP contribution in [0.2, 0.25) is 0 Å². The van der Waals surface area contributed by atoms with E-state index < -0.39 is 0 Å². The van der Waals surface area contributed by atoms with Crippen LogP contribution in [0, 0.1) is 6.92 Å². The smallest absolute Gasteiger partial charge is 0.195 e. The van der Waals surface area contributed by atoms with E-state index in [2.05, 4.69) is 38.1 Å². The van der Waals surface area contributed by atoms with Gasteiger partial charge in [-0.2, -0.15) is 0 Å². The Bertz CT molecular complexity index is 1120. The lowest BCUT2D eigenvalue weighted by Crippen LogP contribution is -1.96. The molecule has 0 aliphatic rings. The molecular formula is C22H20N2O2S. The molecule has 0 radical (unpaired) electrons. The number of benzene rings is 2. The number of imidazole rings is 1. The minimum atomic E-state index is 0.574. The zero-order chi connectivity index (χ0) is 19.0. The van der Waals surface area contributed by atoms with E-state index >= 15 is 0 Å². The van der Waals surface area contributed by atoms with Crippen LogP contribution in [0.3, 0.4) is 0 Å². The molecule has 4 rings (SSSR count). The molecule has 2 aromatic heterocycles. The topological polar surface area (TPSA) is 43.6 Å². The van der Waals surface area contributed by atoms with Crippen LogP contribution in [-0.4, -0.2) is 22.8 Å². The van der Waals surface area contributed by atoms with Crippen LogP contribution < -0.4 is 4.74 Å². The zero-order valence-corrected chi connectivity index (χ0v) is 16.3. The highest BCUT2D eigenvalue weighted by molar-refractivity contribution is 7.17. The van der Waals surface area contributed by atoms with Gasteiger partial charge in [0.1, 0.15) is 17.1 Å². The van der Waals surface area contributed by atoms with E-state index in [9.17, 15) is 4.79 Å². The molecule has 0 saturated heterocycles. The number of aryl methyl sites for hydroxylation is 2. The van der Waals surface area contributed by atoms with Crippen molar-refractivity contribution in [3.8, 4) is 28.3 Å². The lowest BCUT2D eigenvalue weighted by atomic mass is 10.1. The highest BCUT2D eigenvalue weighted by Gasteiger charge is 2.22. The van der Waals surface area contributed by atoms with Crippen LogP contribution in [0.25, 0.3) is 27.5 Å². The molecule has 4 aromatic rings. The summed E-state index contributed by atoms with van der Waals surface area (Å²) >= 11 is 1.64. The number of hydrogen-bond donors (Lipinski definition) is 0. The second kappa shape index (κ2) is 7.00. The molecule has 0 N–H and O–H groups in total. The van der Waals surface area contributed by atoms with Crippen LogP contribution in [0.15, 0.2) is 48.5 Å². The summed E-state index contributed by atoms with van der Waals surface area (Å²) < 4.78 is 7.32. The van der Waals surface area contributed by atoms with Crippen LogP contribution in [0.5, 0.6) is 5.75 Å². The first kappa shape index (κ1) is 17.5. The third-order valence-electron chi connectivity index (χ3n) is 4.69. The number of aromatic nitrogens is 2. The van der Waals surface area contributed by atoms with Crippen molar-refractivity contribution < 1.29 is 9.53 Å². The summed E-state index contributed by atoms with van der Waals surface area (Å²) in [6, 6.07) is 16.1. The number of fused-ring (bicyclic) bond motifs is 1. The fourth-order valence-electron chi connectivity index (χ4n) is 3.31. The van der Waals surface area contributed by atoms with E-state index in [-0.39, 0.29) is 0 Å². The number of carbonyl (C=O) groups is 1. The molecule has 0 spiro atoms. The highest BCUT2D eigenvalue weighted by Crippen LogP contribution is 2.37. The van der Waals surface area contributed by atoms with E-state index in [1.165, 1.54) is 10.4 Å². The van der Waals surface area contributed by atoms with Gasteiger partial charge in [0, 0.05) is 10.4 Å². The zero-order valence-electron chi connectivity index (χ0n) is 15.5. The van der Waals surface area contributed by atoms with E-state index in [1.54, 1.807) is 18.4 Å². The minimum absolute atomic E-state index is 0.574. The Labute approximate surface area is 162 Å². The summed E-state index contributed by atoms with van der Waals surface area (Å²) in [4.78, 5) is 18.9. The summed E-state index contributed by atoms with van der Waals surface area (Å²) in [7, 11) is 1.63. The van der Waals surface area contributed by atoms with Gasteiger partial charge in [-0.05, 0) is 31.0 Å². The second-order valence-corrected chi connectivity index (χ2v) is 7.47. The predicted molar refractivity (Wildman–Crippen MR) is 110 cm³/mol. The molecule has 0 saturated carbocycles. The molecule has 0 atom stereocenters. The number of thiazole rings is 1. The van der Waals surface area contributed by atoms with Crippen molar-refractivity contribution in [2.45, 2.75) is 20.3 Å². The van der Waals surface area contributed by atoms with Gasteiger partial charge in [0.2, 0.25) is 0 Å². The summed E-state index contributed by atoms with van der Waals surface area (Å²) in [6.07, 6.45) is 1.79. The molecule has 2 heterocycles. The first-order chi connectivity index (χ1) is 13.2. The molecule has 4 nitrogen and oxygen atoms in total. The number of methoxy groups -OCH3 is 1. The standard InChI is InChI=1S/C22H20N2O2S/c1-4-19-21(15-10-8-14(2)9-11-15)24-18(13-25)20(23-22(24)27-19)16-6-5-7-17(12-16)26-3/h5-13H,4H2,1-3H3. The first-order valence-electron chi connectivity index (χ1n) is 8.87. The average molecular weight is 376 g/mol. The van der Waals surface area contributed by atoms with E-state index in [0.29, 0.717) is 11.4 Å². The lowest BCUT2D eigenvalue weighted by molar-refractivity contribution is 0.111. The normalized spacial score (nSPS) is 11.1. The Balaban J connectivity index is 1.99. The van der Waals surface area contributed by atoms with Crippen LogP contribution in [-0.2, 0) is 6.42 Å². The van der Waals surface area contributed by atoms with Crippen molar-refractivity contribution >= 4 is 22.6 Å². The van der Waals surface area contributed by atoms with Gasteiger partial charge in [0.15, 0.2) is 11.2 Å². The van der Waals surface area contributed by atoms with Gasteiger partial charge in [-0.25, -0.2) is 4.98 Å². The monoisotopic (exact) mass is 376 g/mol. The SMILES string of the molecule is CCc1sc2nc(-c3cccc(OC)c3)c(C=O)n2c1-c1ccc(C)cc1. The molecule has 0 aliphatic carbocycles. The summed E-state index contributed by atoms with van der Waals surface area (Å²) in [6.45, 7) is 4.20. The van der Waals surface area contributed by atoms with E-state index in [4.69, 9.17) is 9.72 Å². The minimum Gasteiger partial charge on any atom is -0.497 e. The molecule has 5 heteroatoms. The van der Waals surface area contributed by atoms with Gasteiger partial charge in [0.05, 0.1) is 12.8 Å². The second-order valence-electron chi connectivity index (χ2n) is 6.41. The summed E-state index contributed by atoms with van der Waals surface area (Å²) in [5.41, 5.74) is 5.50. The third kappa shape index (κ3) is 2.94. The number of ether oxygens (including phenoxy) is 1. The van der Waals surface area contributed by atoms with Gasteiger partial charge < -0.3 is 4.74 Å². The van der Waals surface area contributed by atoms with Crippen molar-refractivity contribution in [3.63, 3.8) is 0 Å². The van der Waals surface area contributed by atoms with Crippen molar-refractivity contribution in [2.75, 3.05) is 7.11 Å². The predicted octanol–water partition coefficient (Wildman–Crippen LogP) is 5.42. The molecule has 0 aliphatic heterocycles. The number of hydrogen-bond acceptors (Lipinski definition) is 4. The quantitative estimate of drug-likeness (QED) is 0.437. The molecule has 2 aromatic carbocycles. The van der Waals surface area contributed by atoms with Gasteiger partial charge in [-0.3, -0.25) is 9.20 Å². The van der Waals surface area contributed by atoms with Crippen molar-refractivity contribution in [3.05, 3.63) is 64.7 Å². The van der Waals surface area contributed by atoms with Crippen molar-refractivity contribution in [1.29, 1.82) is 0 Å². The Morgan fingerprint density at radius 2 is 1.93 bits per heavy atom. The van der Waals surface area contributed by atoms with Crippen LogP contribution in [0.4, 0.5) is 0 Å². The number of rotatable bonds is 5. The third-order valence-corrected chi connectivity index (χ3v) is 5.87. The lowest BCUT2D eigenvalue weighted by Gasteiger charge is -2.07. The molecule has 27 heavy (non-hydrogen) atoms. The molecule has 0 unspecified atom stereocenters. The van der Waals surface area contributed by atoms with Crippen LogP contribution in [0.1, 0.15) is 27.9 Å². The van der Waals surface area contributed by atoms with Crippen LogP contribution >= 0.6 is 11.3 Å². The number of aldehydes is 1. The Morgan fingerprint density at radius 1 is 1.15 bits per heavy atom. The van der Waals surface area contributed by atoms with Gasteiger partial charge in [-0.15, -0.1) is 11.3 Å². The maximum absolute atomic E-state index is 12.1. The van der Waals surface area contributed by atoms with Crippen molar-refractivity contribution in [1.82, 2.24) is 9.38 Å².